The Morgan fingerprint density at radius 1 is 1.60 bits per heavy atom. The van der Waals surface area contributed by atoms with E-state index in [9.17, 15) is 9.36 Å². The fraction of sp³-hybridized carbons (Fsp3) is 0.778. The van der Waals surface area contributed by atoms with Crippen molar-refractivity contribution in [1.29, 1.82) is 5.41 Å². The molecule has 0 fully saturated rings. The quantitative estimate of drug-likeness (QED) is 0.399. The van der Waals surface area contributed by atoms with Crippen molar-refractivity contribution in [2.45, 2.75) is 26.7 Å². The summed E-state index contributed by atoms with van der Waals surface area (Å²) < 4.78 is 15.8. The standard InChI is InChI=1S/C9H17NO4P/c1-3-14-9(12)7(2)4-5-8(10)15(13)6-11/h7,10-11H,3-6H2,1-2H3/q+1. The Morgan fingerprint density at radius 3 is 2.67 bits per heavy atom. The summed E-state index contributed by atoms with van der Waals surface area (Å²) in [7, 11) is -1.96. The molecule has 2 unspecified atom stereocenters. The van der Waals surface area contributed by atoms with E-state index in [0.29, 0.717) is 13.0 Å². The number of ether oxygens (including phenoxy) is 1. The molecule has 0 saturated carbocycles. The van der Waals surface area contributed by atoms with Crippen LogP contribution in [-0.4, -0.2) is 29.5 Å². The molecule has 0 aliphatic rings. The van der Waals surface area contributed by atoms with Gasteiger partial charge in [-0.05, 0) is 13.3 Å². The molecule has 0 aliphatic carbocycles. The molecule has 0 heterocycles. The van der Waals surface area contributed by atoms with Crippen molar-refractivity contribution in [3.05, 3.63) is 0 Å². The lowest BCUT2D eigenvalue weighted by molar-refractivity contribution is -0.147. The lowest BCUT2D eigenvalue weighted by Crippen LogP contribution is -2.15. The van der Waals surface area contributed by atoms with E-state index < -0.39 is 14.1 Å². The Kier molecular flexibility index (Phi) is 7.09. The molecule has 86 valence electrons. The van der Waals surface area contributed by atoms with Gasteiger partial charge in [0.2, 0.25) is 6.35 Å². The van der Waals surface area contributed by atoms with Crippen LogP contribution >= 0.6 is 7.80 Å². The summed E-state index contributed by atoms with van der Waals surface area (Å²) in [5, 5.41) is 15.9. The minimum absolute atomic E-state index is 0.00338. The molecule has 0 aromatic carbocycles. The van der Waals surface area contributed by atoms with E-state index in [0.717, 1.165) is 0 Å². The minimum Gasteiger partial charge on any atom is -0.466 e. The Labute approximate surface area is 90.1 Å². The van der Waals surface area contributed by atoms with Crippen LogP contribution < -0.4 is 0 Å². The molecule has 0 amide bonds. The van der Waals surface area contributed by atoms with E-state index in [4.69, 9.17) is 15.3 Å². The predicted octanol–water partition coefficient (Wildman–Crippen LogP) is 1.72. The van der Waals surface area contributed by atoms with Gasteiger partial charge in [-0.3, -0.25) is 10.2 Å². The van der Waals surface area contributed by atoms with Crippen LogP contribution in [0.3, 0.4) is 0 Å². The third kappa shape index (κ3) is 5.60. The van der Waals surface area contributed by atoms with Gasteiger partial charge in [-0.25, -0.2) is 0 Å². The molecule has 15 heavy (non-hydrogen) atoms. The van der Waals surface area contributed by atoms with Gasteiger partial charge >= 0.3 is 13.8 Å². The molecule has 0 saturated heterocycles. The second kappa shape index (κ2) is 7.49. The van der Waals surface area contributed by atoms with Crippen molar-refractivity contribution in [2.75, 3.05) is 13.0 Å². The fourth-order valence-corrected chi connectivity index (χ4v) is 1.51. The minimum atomic E-state index is -1.96. The van der Waals surface area contributed by atoms with E-state index in [-0.39, 0.29) is 23.8 Å². The first kappa shape index (κ1) is 14.2. The van der Waals surface area contributed by atoms with Crippen molar-refractivity contribution >= 4 is 19.2 Å². The van der Waals surface area contributed by atoms with E-state index in [1.165, 1.54) is 0 Å². The van der Waals surface area contributed by atoms with Crippen molar-refractivity contribution < 1.29 is 19.2 Å². The highest BCUT2D eigenvalue weighted by Crippen LogP contribution is 2.24. The summed E-state index contributed by atoms with van der Waals surface area (Å²) in [5.74, 6) is -0.600. The number of aliphatic hydroxyl groups is 1. The summed E-state index contributed by atoms with van der Waals surface area (Å²) >= 11 is 0. The zero-order chi connectivity index (χ0) is 11.8. The normalized spacial score (nSPS) is 13.1. The molecule has 0 aromatic rings. The topological polar surface area (TPSA) is 87.5 Å². The second-order valence-electron chi connectivity index (χ2n) is 3.16. The van der Waals surface area contributed by atoms with Gasteiger partial charge in [-0.1, -0.05) is 11.5 Å². The van der Waals surface area contributed by atoms with Crippen LogP contribution in [0.25, 0.3) is 0 Å². The maximum absolute atomic E-state index is 11.2. The number of hydrogen-bond acceptors (Lipinski definition) is 5. The van der Waals surface area contributed by atoms with Crippen LogP contribution in [0.2, 0.25) is 0 Å². The SMILES string of the molecule is CCOC(=O)C(C)CCC(=N)[P+](=O)CO. The monoisotopic (exact) mass is 234 g/mol. The fourth-order valence-electron chi connectivity index (χ4n) is 0.966. The molecule has 5 nitrogen and oxygen atoms in total. The summed E-state index contributed by atoms with van der Waals surface area (Å²) in [6.45, 7) is 3.78. The Balaban J connectivity index is 3.90. The molecule has 2 atom stereocenters. The van der Waals surface area contributed by atoms with Crippen molar-refractivity contribution in [3.63, 3.8) is 0 Å². The number of carbonyl (C=O) groups is 1. The van der Waals surface area contributed by atoms with Gasteiger partial charge in [-0.2, -0.15) is 0 Å². The Bertz CT molecular complexity index is 254. The summed E-state index contributed by atoms with van der Waals surface area (Å²) in [6, 6.07) is 0. The summed E-state index contributed by atoms with van der Waals surface area (Å²) in [4.78, 5) is 11.2. The smallest absolute Gasteiger partial charge is 0.419 e. The van der Waals surface area contributed by atoms with E-state index in [1.807, 2.05) is 0 Å². The molecule has 0 rings (SSSR count). The molecule has 6 heteroatoms. The van der Waals surface area contributed by atoms with Crippen LogP contribution in [0.15, 0.2) is 0 Å². The van der Waals surface area contributed by atoms with Crippen LogP contribution in [-0.2, 0) is 14.1 Å². The molecule has 2 N–H and O–H groups in total. The molecular formula is C9H17NO4P+. The first-order valence-corrected chi connectivity index (χ1v) is 6.27. The van der Waals surface area contributed by atoms with Crippen LogP contribution in [0, 0.1) is 11.3 Å². The number of nitrogens with one attached hydrogen (secondary N) is 1. The number of aliphatic hydroxyl groups excluding tert-OH is 1. The van der Waals surface area contributed by atoms with E-state index in [1.54, 1.807) is 13.8 Å². The van der Waals surface area contributed by atoms with Gasteiger partial charge < -0.3 is 9.84 Å². The zero-order valence-electron chi connectivity index (χ0n) is 9.02. The molecule has 0 aliphatic heterocycles. The molecular weight excluding hydrogens is 217 g/mol. The first-order valence-electron chi connectivity index (χ1n) is 4.82. The lowest BCUT2D eigenvalue weighted by Gasteiger charge is -2.07. The summed E-state index contributed by atoms with van der Waals surface area (Å²) in [5.41, 5.74) is 0.00338. The average Bonchev–Trinajstić information content (AvgIpc) is 2.24. The second-order valence-corrected chi connectivity index (χ2v) is 4.74. The van der Waals surface area contributed by atoms with Crippen molar-refractivity contribution in [2.24, 2.45) is 5.92 Å². The average molecular weight is 234 g/mol. The highest BCUT2D eigenvalue weighted by atomic mass is 31.1. The number of carbonyl (C=O) groups excluding carboxylic acids is 1. The molecule has 0 radical (unpaired) electrons. The third-order valence-corrected chi connectivity index (χ3v) is 3.02. The third-order valence-electron chi connectivity index (χ3n) is 1.93. The summed E-state index contributed by atoms with van der Waals surface area (Å²) in [6.07, 6.45) is 0.191. The van der Waals surface area contributed by atoms with Crippen LogP contribution in [0.5, 0.6) is 0 Å². The van der Waals surface area contributed by atoms with Crippen molar-refractivity contribution in [1.82, 2.24) is 0 Å². The van der Waals surface area contributed by atoms with Gasteiger partial charge in [0.15, 0.2) is 0 Å². The van der Waals surface area contributed by atoms with E-state index >= 15 is 0 Å². The van der Waals surface area contributed by atoms with Crippen LogP contribution in [0.1, 0.15) is 26.7 Å². The zero-order valence-corrected chi connectivity index (χ0v) is 9.92. The Morgan fingerprint density at radius 2 is 2.20 bits per heavy atom. The molecule has 0 spiro atoms. The first-order chi connectivity index (χ1) is 7.02. The molecule has 0 aromatic heterocycles. The van der Waals surface area contributed by atoms with Gasteiger partial charge in [0.05, 0.1) is 12.5 Å². The number of hydrogen-bond donors (Lipinski definition) is 2. The molecule has 0 bridgehead atoms. The highest BCUT2D eigenvalue weighted by molar-refractivity contribution is 7.63. The largest absolute Gasteiger partial charge is 0.466 e. The van der Waals surface area contributed by atoms with Crippen molar-refractivity contribution in [3.8, 4) is 0 Å². The van der Waals surface area contributed by atoms with Gasteiger partial charge in [-0.15, -0.1) is 0 Å². The lowest BCUT2D eigenvalue weighted by atomic mass is 10.1. The predicted molar refractivity (Wildman–Crippen MR) is 57.5 cm³/mol. The van der Waals surface area contributed by atoms with E-state index in [2.05, 4.69) is 0 Å². The number of rotatable bonds is 7. The maximum atomic E-state index is 11.2. The van der Waals surface area contributed by atoms with Gasteiger partial charge in [0.25, 0.3) is 5.45 Å². The number of esters is 1. The van der Waals surface area contributed by atoms with Gasteiger partial charge in [0, 0.05) is 6.42 Å². The van der Waals surface area contributed by atoms with Gasteiger partial charge in [0.1, 0.15) is 0 Å². The Hall–Kier alpha value is -0.800. The maximum Gasteiger partial charge on any atom is 0.419 e. The highest BCUT2D eigenvalue weighted by Gasteiger charge is 2.24. The van der Waals surface area contributed by atoms with Crippen LogP contribution in [0.4, 0.5) is 0 Å².